The Balaban J connectivity index is 2.36. The van der Waals surface area contributed by atoms with E-state index >= 15 is 0 Å². The van der Waals surface area contributed by atoms with E-state index in [4.69, 9.17) is 21.1 Å². The summed E-state index contributed by atoms with van der Waals surface area (Å²) < 4.78 is 47.2. The number of aromatic nitrogens is 1. The van der Waals surface area contributed by atoms with Crippen LogP contribution in [-0.4, -0.2) is 36.8 Å². The second-order valence-corrected chi connectivity index (χ2v) is 6.06. The number of rotatable bonds is 7. The van der Waals surface area contributed by atoms with Crippen LogP contribution in [0.4, 0.5) is 13.2 Å². The second-order valence-electron chi connectivity index (χ2n) is 5.63. The molecule has 0 bridgehead atoms. The summed E-state index contributed by atoms with van der Waals surface area (Å²) >= 11 is 5.86. The summed E-state index contributed by atoms with van der Waals surface area (Å²) in [4.78, 5) is 16.0. The van der Waals surface area contributed by atoms with Gasteiger partial charge in [0.2, 0.25) is 5.88 Å². The monoisotopic (exact) mass is 387 g/mol. The van der Waals surface area contributed by atoms with Gasteiger partial charge in [-0.1, -0.05) is 23.7 Å². The molecule has 8 heteroatoms. The van der Waals surface area contributed by atoms with Crippen LogP contribution in [0, 0.1) is 0 Å². The largest absolute Gasteiger partial charge is 0.468 e. The van der Waals surface area contributed by atoms with E-state index in [0.29, 0.717) is 21.7 Å². The van der Waals surface area contributed by atoms with Crippen molar-refractivity contribution in [3.8, 4) is 17.0 Å². The number of carbonyl (C=O) groups excluding carboxylic acids is 1. The van der Waals surface area contributed by atoms with Crippen molar-refractivity contribution in [1.82, 2.24) is 4.98 Å². The molecule has 0 aliphatic rings. The van der Waals surface area contributed by atoms with Crippen molar-refractivity contribution in [2.24, 2.45) is 0 Å². The summed E-state index contributed by atoms with van der Waals surface area (Å²) in [6.07, 6.45) is -3.70. The van der Waals surface area contributed by atoms with E-state index in [1.807, 2.05) is 0 Å². The minimum absolute atomic E-state index is 0.0438. The summed E-state index contributed by atoms with van der Waals surface area (Å²) in [7, 11) is 1.42. The molecule has 0 fully saturated rings. The normalized spacial score (nSPS) is 12.7. The van der Waals surface area contributed by atoms with Gasteiger partial charge in [0.1, 0.15) is 6.10 Å². The zero-order valence-electron chi connectivity index (χ0n) is 14.1. The zero-order chi connectivity index (χ0) is 19.3. The molecule has 1 unspecified atom stereocenters. The van der Waals surface area contributed by atoms with Gasteiger partial charge in [0.05, 0.1) is 0 Å². The first-order chi connectivity index (χ1) is 12.2. The van der Waals surface area contributed by atoms with E-state index in [-0.39, 0.29) is 18.1 Å². The molecular formula is C18H17ClF3NO3. The van der Waals surface area contributed by atoms with Crippen LogP contribution in [0.25, 0.3) is 11.1 Å². The smallest absolute Gasteiger partial charge is 0.422 e. The Morgan fingerprint density at radius 1 is 1.27 bits per heavy atom. The topological polar surface area (TPSA) is 48.4 Å². The summed E-state index contributed by atoms with van der Waals surface area (Å²) in [5.41, 5.74) is 1.47. The van der Waals surface area contributed by atoms with Gasteiger partial charge in [0.15, 0.2) is 12.4 Å². The molecule has 0 saturated heterocycles. The predicted molar refractivity (Wildman–Crippen MR) is 91.4 cm³/mol. The predicted octanol–water partition coefficient (Wildman–Crippen LogP) is 4.49. The molecule has 4 nitrogen and oxygen atoms in total. The first-order valence-electron chi connectivity index (χ1n) is 7.69. The van der Waals surface area contributed by atoms with Gasteiger partial charge in [-0.3, -0.25) is 4.79 Å². The van der Waals surface area contributed by atoms with E-state index < -0.39 is 18.9 Å². The Hall–Kier alpha value is -2.12. The van der Waals surface area contributed by atoms with Crippen LogP contribution in [0.3, 0.4) is 0 Å². The third-order valence-electron chi connectivity index (χ3n) is 3.62. The van der Waals surface area contributed by atoms with Gasteiger partial charge in [-0.15, -0.1) is 0 Å². The molecule has 140 valence electrons. The molecule has 1 aromatic heterocycles. The highest BCUT2D eigenvalue weighted by molar-refractivity contribution is 6.30. The first kappa shape index (κ1) is 20.2. The maximum atomic E-state index is 12.5. The fourth-order valence-electron chi connectivity index (χ4n) is 2.17. The number of pyridine rings is 1. The number of benzene rings is 1. The molecule has 2 aromatic rings. The van der Waals surface area contributed by atoms with E-state index in [0.717, 1.165) is 0 Å². The minimum atomic E-state index is -4.48. The van der Waals surface area contributed by atoms with E-state index in [9.17, 15) is 18.0 Å². The van der Waals surface area contributed by atoms with Gasteiger partial charge in [-0.2, -0.15) is 13.2 Å². The van der Waals surface area contributed by atoms with Gasteiger partial charge < -0.3 is 9.47 Å². The van der Waals surface area contributed by atoms with Crippen LogP contribution in [0.1, 0.15) is 12.5 Å². The quantitative estimate of drug-likeness (QED) is 0.702. The molecule has 1 aromatic carbocycles. The molecular weight excluding hydrogens is 371 g/mol. The Morgan fingerprint density at radius 3 is 2.50 bits per heavy atom. The number of methoxy groups -OCH3 is 1. The molecule has 26 heavy (non-hydrogen) atoms. The lowest BCUT2D eigenvalue weighted by molar-refractivity contribution is -0.154. The Morgan fingerprint density at radius 2 is 1.92 bits per heavy atom. The van der Waals surface area contributed by atoms with Crippen molar-refractivity contribution < 1.29 is 27.4 Å². The molecule has 0 aliphatic carbocycles. The summed E-state index contributed by atoms with van der Waals surface area (Å²) in [6.45, 7) is 0.163. The van der Waals surface area contributed by atoms with Crippen molar-refractivity contribution in [3.63, 3.8) is 0 Å². The average Bonchev–Trinajstić information content (AvgIpc) is 2.59. The third kappa shape index (κ3) is 5.71. The van der Waals surface area contributed by atoms with Gasteiger partial charge in [0.25, 0.3) is 0 Å². The highest BCUT2D eigenvalue weighted by Gasteiger charge is 2.29. The Bertz CT molecular complexity index is 763. The van der Waals surface area contributed by atoms with Gasteiger partial charge >= 0.3 is 6.18 Å². The number of halogens is 4. The molecule has 1 atom stereocenters. The molecule has 0 radical (unpaired) electrons. The number of ketones is 1. The molecule has 0 aliphatic heterocycles. The Labute approximate surface area is 153 Å². The van der Waals surface area contributed by atoms with E-state index in [1.54, 1.807) is 37.3 Å². The molecule has 0 spiro atoms. The fraction of sp³-hybridized carbons (Fsp3) is 0.333. The summed E-state index contributed by atoms with van der Waals surface area (Å²) in [5, 5.41) is 0.486. The zero-order valence-corrected chi connectivity index (χ0v) is 14.9. The lowest BCUT2D eigenvalue weighted by Gasteiger charge is -2.14. The first-order valence-corrected chi connectivity index (χ1v) is 8.07. The fourth-order valence-corrected chi connectivity index (χ4v) is 2.30. The number of hydrogen-bond acceptors (Lipinski definition) is 4. The van der Waals surface area contributed by atoms with Crippen molar-refractivity contribution in [1.29, 1.82) is 0 Å². The maximum Gasteiger partial charge on any atom is 0.422 e. The van der Waals surface area contributed by atoms with Crippen molar-refractivity contribution in [2.45, 2.75) is 25.6 Å². The highest BCUT2D eigenvalue weighted by atomic mass is 35.5. The van der Waals surface area contributed by atoms with Gasteiger partial charge in [-0.25, -0.2) is 4.98 Å². The summed E-state index contributed by atoms with van der Waals surface area (Å²) in [6, 6.07) is 8.08. The van der Waals surface area contributed by atoms with Gasteiger partial charge in [0, 0.05) is 30.3 Å². The van der Waals surface area contributed by atoms with Crippen molar-refractivity contribution in [3.05, 3.63) is 47.1 Å². The molecule has 0 N–H and O–H groups in total. The third-order valence-corrected chi connectivity index (χ3v) is 3.87. The van der Waals surface area contributed by atoms with Crippen LogP contribution in [-0.2, 0) is 16.0 Å². The van der Waals surface area contributed by atoms with E-state index in [2.05, 4.69) is 4.98 Å². The minimum Gasteiger partial charge on any atom is -0.468 e. The lowest BCUT2D eigenvalue weighted by atomic mass is 10.0. The van der Waals surface area contributed by atoms with Gasteiger partial charge in [-0.05, 0) is 36.2 Å². The maximum absolute atomic E-state index is 12.5. The van der Waals surface area contributed by atoms with Crippen LogP contribution >= 0.6 is 11.6 Å². The molecule has 2 rings (SSSR count). The molecule has 0 saturated carbocycles. The Kier molecular flexibility index (Phi) is 6.61. The van der Waals surface area contributed by atoms with Crippen LogP contribution in [0.2, 0.25) is 5.02 Å². The second kappa shape index (κ2) is 8.51. The number of Topliss-reactive ketones (excluding diaryl/α,β-unsaturated/α-hetero) is 1. The number of ether oxygens (including phenoxy) is 2. The SMILES string of the molecule is COC(C)C(=O)Cc1cnc(OCC(F)(F)F)c(-c2ccc(Cl)cc2)c1. The summed E-state index contributed by atoms with van der Waals surface area (Å²) in [5.74, 6) is -0.332. The number of alkyl halides is 3. The average molecular weight is 388 g/mol. The van der Waals surface area contributed by atoms with Crippen molar-refractivity contribution in [2.75, 3.05) is 13.7 Å². The van der Waals surface area contributed by atoms with Crippen molar-refractivity contribution >= 4 is 17.4 Å². The molecule has 1 heterocycles. The number of carbonyl (C=O) groups is 1. The van der Waals surface area contributed by atoms with Crippen LogP contribution < -0.4 is 4.74 Å². The van der Waals surface area contributed by atoms with Crippen LogP contribution in [0.5, 0.6) is 5.88 Å². The number of nitrogens with zero attached hydrogens (tertiary/aromatic N) is 1. The van der Waals surface area contributed by atoms with E-state index in [1.165, 1.54) is 13.3 Å². The highest BCUT2D eigenvalue weighted by Crippen LogP contribution is 2.31. The lowest BCUT2D eigenvalue weighted by Crippen LogP contribution is -2.21. The molecule has 0 amide bonds. The van der Waals surface area contributed by atoms with Crippen LogP contribution in [0.15, 0.2) is 36.5 Å². The number of hydrogen-bond donors (Lipinski definition) is 0. The standard InChI is InChI=1S/C18H17ClF3NO3/c1-11(25-2)16(24)8-12-7-15(13-3-5-14(19)6-4-13)17(23-9-12)26-10-18(20,21)22/h3-7,9,11H,8,10H2,1-2H3.